The lowest BCUT2D eigenvalue weighted by atomic mass is 9.87. The molecule has 21 heavy (non-hydrogen) atoms. The summed E-state index contributed by atoms with van der Waals surface area (Å²) in [6, 6.07) is 12.2. The van der Waals surface area contributed by atoms with E-state index < -0.39 is 5.97 Å². The van der Waals surface area contributed by atoms with Crippen LogP contribution in [-0.2, 0) is 5.41 Å². The van der Waals surface area contributed by atoms with E-state index in [1.54, 1.807) is 6.07 Å². The average Bonchev–Trinajstić information content (AvgIpc) is 2.40. The van der Waals surface area contributed by atoms with Crippen LogP contribution < -0.4 is 4.74 Å². The van der Waals surface area contributed by atoms with Crippen molar-refractivity contribution in [2.75, 3.05) is 0 Å². The van der Waals surface area contributed by atoms with E-state index in [9.17, 15) is 4.79 Å². The Morgan fingerprint density at radius 3 is 2.19 bits per heavy atom. The van der Waals surface area contributed by atoms with Gasteiger partial charge in [-0.15, -0.1) is 0 Å². The van der Waals surface area contributed by atoms with Crippen LogP contribution in [-0.4, -0.2) is 11.1 Å². The van der Waals surface area contributed by atoms with Gasteiger partial charge in [0.15, 0.2) is 0 Å². The number of rotatable bonds is 3. The van der Waals surface area contributed by atoms with Gasteiger partial charge >= 0.3 is 5.97 Å². The molecule has 0 saturated carbocycles. The molecule has 0 radical (unpaired) electrons. The highest BCUT2D eigenvalue weighted by Gasteiger charge is 2.13. The number of ether oxygens (including phenoxy) is 1. The third-order valence-electron chi connectivity index (χ3n) is 3.13. The fourth-order valence-electron chi connectivity index (χ4n) is 1.87. The van der Waals surface area contributed by atoms with Crippen molar-refractivity contribution in [2.45, 2.75) is 26.2 Å². The molecule has 110 valence electrons. The number of halogens is 1. The second-order valence-corrected chi connectivity index (χ2v) is 6.23. The molecular weight excluding hydrogens is 288 g/mol. The summed E-state index contributed by atoms with van der Waals surface area (Å²) in [5, 5.41) is 9.17. The topological polar surface area (TPSA) is 46.5 Å². The van der Waals surface area contributed by atoms with E-state index in [1.165, 1.54) is 17.7 Å². The van der Waals surface area contributed by atoms with Crippen molar-refractivity contribution in [2.24, 2.45) is 0 Å². The molecule has 0 saturated heterocycles. The largest absolute Gasteiger partial charge is 0.478 e. The molecule has 2 aromatic carbocycles. The van der Waals surface area contributed by atoms with Crippen LogP contribution in [0.5, 0.6) is 11.5 Å². The second kappa shape index (κ2) is 5.78. The Bertz CT molecular complexity index is 655. The Balaban J connectivity index is 2.20. The summed E-state index contributed by atoms with van der Waals surface area (Å²) in [4.78, 5) is 10.9. The predicted octanol–water partition coefficient (Wildman–Crippen LogP) is 5.13. The van der Waals surface area contributed by atoms with E-state index in [0.29, 0.717) is 11.5 Å². The van der Waals surface area contributed by atoms with Crippen molar-refractivity contribution in [3.05, 3.63) is 58.6 Å². The lowest BCUT2D eigenvalue weighted by Crippen LogP contribution is -2.10. The predicted molar refractivity (Wildman–Crippen MR) is 83.6 cm³/mol. The summed E-state index contributed by atoms with van der Waals surface area (Å²) in [7, 11) is 0. The van der Waals surface area contributed by atoms with Crippen LogP contribution >= 0.6 is 11.6 Å². The van der Waals surface area contributed by atoms with Gasteiger partial charge in [-0.2, -0.15) is 0 Å². The van der Waals surface area contributed by atoms with Gasteiger partial charge in [-0.1, -0.05) is 44.5 Å². The van der Waals surface area contributed by atoms with Gasteiger partial charge in [0.1, 0.15) is 11.5 Å². The van der Waals surface area contributed by atoms with Crippen LogP contribution in [0.1, 0.15) is 36.7 Å². The zero-order valence-electron chi connectivity index (χ0n) is 12.2. The molecule has 0 amide bonds. The third-order valence-corrected chi connectivity index (χ3v) is 3.42. The Labute approximate surface area is 129 Å². The first kappa shape index (κ1) is 15.4. The van der Waals surface area contributed by atoms with Crippen LogP contribution in [0.25, 0.3) is 0 Å². The number of aromatic carboxylic acids is 1. The second-order valence-electron chi connectivity index (χ2n) is 5.83. The Kier molecular flexibility index (Phi) is 4.24. The molecule has 0 unspecified atom stereocenters. The lowest BCUT2D eigenvalue weighted by molar-refractivity contribution is 0.0697. The van der Waals surface area contributed by atoms with Gasteiger partial charge < -0.3 is 9.84 Å². The van der Waals surface area contributed by atoms with Gasteiger partial charge in [-0.3, -0.25) is 0 Å². The summed E-state index contributed by atoms with van der Waals surface area (Å²) >= 11 is 6.04. The van der Waals surface area contributed by atoms with Crippen molar-refractivity contribution >= 4 is 17.6 Å². The van der Waals surface area contributed by atoms with Gasteiger partial charge in [-0.05, 0) is 41.3 Å². The SMILES string of the molecule is CC(C)(C)c1ccc(Oc2ccc(C(=O)O)cc2Cl)cc1. The van der Waals surface area contributed by atoms with Gasteiger partial charge in [0.25, 0.3) is 0 Å². The number of carbonyl (C=O) groups is 1. The molecule has 0 bridgehead atoms. The van der Waals surface area contributed by atoms with Gasteiger partial charge in [0.2, 0.25) is 0 Å². The van der Waals surface area contributed by atoms with Crippen LogP contribution in [0, 0.1) is 0 Å². The Morgan fingerprint density at radius 1 is 1.10 bits per heavy atom. The van der Waals surface area contributed by atoms with E-state index in [-0.39, 0.29) is 16.0 Å². The summed E-state index contributed by atoms with van der Waals surface area (Å²) < 4.78 is 5.69. The van der Waals surface area contributed by atoms with Crippen molar-refractivity contribution in [3.8, 4) is 11.5 Å². The molecule has 0 atom stereocenters. The number of benzene rings is 2. The van der Waals surface area contributed by atoms with Gasteiger partial charge in [-0.25, -0.2) is 4.79 Å². The zero-order valence-corrected chi connectivity index (χ0v) is 12.9. The van der Waals surface area contributed by atoms with Gasteiger partial charge in [0, 0.05) is 0 Å². The van der Waals surface area contributed by atoms with Gasteiger partial charge in [0.05, 0.1) is 10.6 Å². The molecule has 1 N–H and O–H groups in total. The highest BCUT2D eigenvalue weighted by atomic mass is 35.5. The molecule has 3 nitrogen and oxygen atoms in total. The minimum absolute atomic E-state index is 0.0826. The van der Waals surface area contributed by atoms with E-state index >= 15 is 0 Å². The highest BCUT2D eigenvalue weighted by molar-refractivity contribution is 6.32. The van der Waals surface area contributed by atoms with Crippen molar-refractivity contribution in [3.63, 3.8) is 0 Å². The molecule has 0 aliphatic rings. The Morgan fingerprint density at radius 2 is 1.71 bits per heavy atom. The van der Waals surface area contributed by atoms with E-state index in [2.05, 4.69) is 20.8 Å². The molecule has 4 heteroatoms. The van der Waals surface area contributed by atoms with Crippen LogP contribution in [0.15, 0.2) is 42.5 Å². The molecule has 0 aliphatic heterocycles. The molecule has 0 aliphatic carbocycles. The first-order valence-corrected chi connectivity index (χ1v) is 6.96. The fraction of sp³-hybridized carbons (Fsp3) is 0.235. The van der Waals surface area contributed by atoms with Crippen molar-refractivity contribution < 1.29 is 14.6 Å². The highest BCUT2D eigenvalue weighted by Crippen LogP contribution is 2.31. The minimum Gasteiger partial charge on any atom is -0.478 e. The maximum atomic E-state index is 10.9. The van der Waals surface area contributed by atoms with Crippen molar-refractivity contribution in [1.29, 1.82) is 0 Å². The first-order valence-electron chi connectivity index (χ1n) is 6.58. The van der Waals surface area contributed by atoms with Crippen LogP contribution in [0.4, 0.5) is 0 Å². The number of hydrogen-bond acceptors (Lipinski definition) is 2. The van der Waals surface area contributed by atoms with Crippen LogP contribution in [0.2, 0.25) is 5.02 Å². The third kappa shape index (κ3) is 3.76. The quantitative estimate of drug-likeness (QED) is 0.855. The monoisotopic (exact) mass is 304 g/mol. The Hall–Kier alpha value is -2.00. The standard InChI is InChI=1S/C17H17ClO3/c1-17(2,3)12-5-7-13(8-6-12)21-15-9-4-11(16(19)20)10-14(15)18/h4-10H,1-3H3,(H,19,20). The maximum absolute atomic E-state index is 10.9. The summed E-state index contributed by atoms with van der Waals surface area (Å²) in [6.45, 7) is 6.43. The molecular formula is C17H17ClO3. The smallest absolute Gasteiger partial charge is 0.335 e. The molecule has 2 aromatic rings. The van der Waals surface area contributed by atoms with Crippen molar-refractivity contribution in [1.82, 2.24) is 0 Å². The number of carboxylic acid groups (broad SMARTS) is 1. The summed E-state index contributed by atoms with van der Waals surface area (Å²) in [5.74, 6) is 0.0798. The number of carboxylic acids is 1. The zero-order chi connectivity index (χ0) is 15.6. The minimum atomic E-state index is -1.02. The summed E-state index contributed by atoms with van der Waals surface area (Å²) in [6.07, 6.45) is 0. The maximum Gasteiger partial charge on any atom is 0.335 e. The first-order chi connectivity index (χ1) is 9.77. The summed E-state index contributed by atoms with van der Waals surface area (Å²) in [5.41, 5.74) is 1.43. The molecule has 0 fully saturated rings. The van der Waals surface area contributed by atoms with Crippen LogP contribution in [0.3, 0.4) is 0 Å². The lowest BCUT2D eigenvalue weighted by Gasteiger charge is -2.19. The fourth-order valence-corrected chi connectivity index (χ4v) is 2.09. The molecule has 2 rings (SSSR count). The average molecular weight is 305 g/mol. The van der Waals surface area contributed by atoms with E-state index in [1.807, 2.05) is 24.3 Å². The van der Waals surface area contributed by atoms with E-state index in [4.69, 9.17) is 21.4 Å². The number of hydrogen-bond donors (Lipinski definition) is 1. The molecule has 0 heterocycles. The normalized spacial score (nSPS) is 11.2. The molecule has 0 aromatic heterocycles. The molecule has 0 spiro atoms. The van der Waals surface area contributed by atoms with E-state index in [0.717, 1.165) is 0 Å².